The summed E-state index contributed by atoms with van der Waals surface area (Å²) in [6, 6.07) is 7.50. The van der Waals surface area contributed by atoms with Crippen LogP contribution < -0.4 is 5.73 Å². The van der Waals surface area contributed by atoms with Crippen molar-refractivity contribution in [2.24, 2.45) is 5.73 Å². The molecule has 0 aliphatic carbocycles. The predicted molar refractivity (Wildman–Crippen MR) is 67.4 cm³/mol. The Balaban J connectivity index is 2.87. The first-order valence-electron chi connectivity index (χ1n) is 4.44. The minimum absolute atomic E-state index is 0.320. The lowest BCUT2D eigenvalue weighted by Crippen LogP contribution is -2.10. The average Bonchev–Trinajstić information content (AvgIpc) is 2.17. The van der Waals surface area contributed by atoms with E-state index in [1.165, 1.54) is 0 Å². The summed E-state index contributed by atoms with van der Waals surface area (Å²) in [7, 11) is 0. The fourth-order valence-corrected chi connectivity index (χ4v) is 1.87. The largest absolute Gasteiger partial charge is 0.389 e. The SMILES string of the molecule is Cc1ccc2cc(Cl)cc(C(N)=S)c2n1. The van der Waals surface area contributed by atoms with Crippen LogP contribution in [0.5, 0.6) is 0 Å². The maximum Gasteiger partial charge on any atom is 0.106 e. The molecule has 0 atom stereocenters. The van der Waals surface area contributed by atoms with Gasteiger partial charge in [0.2, 0.25) is 0 Å². The average molecular weight is 237 g/mol. The van der Waals surface area contributed by atoms with Crippen molar-refractivity contribution < 1.29 is 0 Å². The first-order chi connectivity index (χ1) is 7.08. The standard InChI is InChI=1S/C11H9ClN2S/c1-6-2-3-7-4-8(12)5-9(11(13)15)10(7)14-6/h2-5H,1H3,(H2,13,15). The summed E-state index contributed by atoms with van der Waals surface area (Å²) >= 11 is 10.9. The van der Waals surface area contributed by atoms with Gasteiger partial charge in [-0.05, 0) is 25.1 Å². The lowest BCUT2D eigenvalue weighted by Gasteiger charge is -2.05. The van der Waals surface area contributed by atoms with Crippen molar-refractivity contribution >= 4 is 39.7 Å². The van der Waals surface area contributed by atoms with Crippen LogP contribution in [0, 0.1) is 6.92 Å². The summed E-state index contributed by atoms with van der Waals surface area (Å²) in [5, 5.41) is 1.58. The molecule has 0 radical (unpaired) electrons. The number of hydrogen-bond donors (Lipinski definition) is 1. The highest BCUT2D eigenvalue weighted by Gasteiger charge is 2.07. The van der Waals surface area contributed by atoms with Crippen molar-refractivity contribution in [1.29, 1.82) is 0 Å². The van der Waals surface area contributed by atoms with Crippen LogP contribution in [0.3, 0.4) is 0 Å². The minimum Gasteiger partial charge on any atom is -0.389 e. The highest BCUT2D eigenvalue weighted by Crippen LogP contribution is 2.22. The first-order valence-corrected chi connectivity index (χ1v) is 5.23. The van der Waals surface area contributed by atoms with Crippen LogP contribution in [-0.4, -0.2) is 9.97 Å². The smallest absolute Gasteiger partial charge is 0.106 e. The van der Waals surface area contributed by atoms with Gasteiger partial charge < -0.3 is 5.73 Å². The topological polar surface area (TPSA) is 38.9 Å². The number of pyridine rings is 1. The van der Waals surface area contributed by atoms with E-state index in [9.17, 15) is 0 Å². The van der Waals surface area contributed by atoms with Gasteiger partial charge in [0.1, 0.15) is 4.99 Å². The maximum absolute atomic E-state index is 5.96. The van der Waals surface area contributed by atoms with Gasteiger partial charge in [-0.1, -0.05) is 29.9 Å². The van der Waals surface area contributed by atoms with Crippen molar-refractivity contribution in [3.05, 3.63) is 40.5 Å². The molecule has 1 aromatic carbocycles. The summed E-state index contributed by atoms with van der Waals surface area (Å²) in [4.78, 5) is 4.73. The Bertz CT molecular complexity index is 552. The highest BCUT2D eigenvalue weighted by molar-refractivity contribution is 7.80. The Labute approximate surface area is 98.1 Å². The van der Waals surface area contributed by atoms with Gasteiger partial charge in [-0.25, -0.2) is 0 Å². The maximum atomic E-state index is 5.96. The van der Waals surface area contributed by atoms with Crippen LogP contribution in [0.25, 0.3) is 10.9 Å². The summed E-state index contributed by atoms with van der Waals surface area (Å²) < 4.78 is 0. The number of hydrogen-bond acceptors (Lipinski definition) is 2. The summed E-state index contributed by atoms with van der Waals surface area (Å²) in [5.41, 5.74) is 8.11. The van der Waals surface area contributed by atoms with Crippen LogP contribution in [0.4, 0.5) is 0 Å². The van der Waals surface area contributed by atoms with Crippen molar-refractivity contribution in [2.75, 3.05) is 0 Å². The van der Waals surface area contributed by atoms with Crippen LogP contribution in [0.2, 0.25) is 5.02 Å². The van der Waals surface area contributed by atoms with Gasteiger partial charge in [0.15, 0.2) is 0 Å². The lowest BCUT2D eigenvalue weighted by molar-refractivity contribution is 1.25. The number of halogens is 1. The van der Waals surface area contributed by atoms with E-state index < -0.39 is 0 Å². The third-order valence-corrected chi connectivity index (χ3v) is 2.60. The van der Waals surface area contributed by atoms with Crippen molar-refractivity contribution in [1.82, 2.24) is 4.98 Å². The first kappa shape index (κ1) is 10.3. The van der Waals surface area contributed by atoms with Gasteiger partial charge in [0.25, 0.3) is 0 Å². The molecule has 0 aliphatic heterocycles. The third-order valence-electron chi connectivity index (χ3n) is 2.16. The Morgan fingerprint density at radius 2 is 2.13 bits per heavy atom. The number of fused-ring (bicyclic) bond motifs is 1. The molecule has 0 bridgehead atoms. The number of aromatic nitrogens is 1. The molecule has 2 N–H and O–H groups in total. The zero-order valence-corrected chi connectivity index (χ0v) is 9.69. The Kier molecular flexibility index (Phi) is 2.59. The fourth-order valence-electron chi connectivity index (χ4n) is 1.48. The van der Waals surface area contributed by atoms with Crippen LogP contribution in [0.1, 0.15) is 11.3 Å². The molecule has 0 saturated carbocycles. The molecule has 0 saturated heterocycles. The van der Waals surface area contributed by atoms with Crippen molar-refractivity contribution in [2.45, 2.75) is 6.92 Å². The minimum atomic E-state index is 0.320. The highest BCUT2D eigenvalue weighted by atomic mass is 35.5. The fraction of sp³-hybridized carbons (Fsp3) is 0.0909. The van der Waals surface area contributed by atoms with Crippen LogP contribution in [-0.2, 0) is 0 Å². The normalized spacial score (nSPS) is 10.5. The van der Waals surface area contributed by atoms with Crippen molar-refractivity contribution in [3.63, 3.8) is 0 Å². The van der Waals surface area contributed by atoms with E-state index in [0.29, 0.717) is 10.0 Å². The second-order valence-electron chi connectivity index (χ2n) is 3.34. The molecule has 4 heteroatoms. The molecular weight excluding hydrogens is 228 g/mol. The number of aryl methyl sites for hydroxylation is 1. The molecule has 1 heterocycles. The second-order valence-corrected chi connectivity index (χ2v) is 4.22. The monoisotopic (exact) mass is 236 g/mol. The molecule has 2 rings (SSSR count). The molecule has 1 aromatic heterocycles. The van der Waals surface area contributed by atoms with E-state index in [1.807, 2.05) is 25.1 Å². The molecule has 76 valence electrons. The molecular formula is C11H9ClN2S. The van der Waals surface area contributed by atoms with E-state index in [1.54, 1.807) is 6.07 Å². The lowest BCUT2D eigenvalue weighted by atomic mass is 10.1. The number of rotatable bonds is 1. The molecule has 0 spiro atoms. The van der Waals surface area contributed by atoms with Gasteiger partial charge in [0.05, 0.1) is 5.52 Å². The summed E-state index contributed by atoms with van der Waals surface area (Å²) in [6.45, 7) is 1.93. The van der Waals surface area contributed by atoms with Crippen LogP contribution >= 0.6 is 23.8 Å². The van der Waals surface area contributed by atoms with Crippen molar-refractivity contribution in [3.8, 4) is 0 Å². The molecule has 0 amide bonds. The number of nitrogens with two attached hydrogens (primary N) is 1. The van der Waals surface area contributed by atoms with E-state index in [0.717, 1.165) is 22.2 Å². The van der Waals surface area contributed by atoms with E-state index in [2.05, 4.69) is 4.98 Å². The second kappa shape index (κ2) is 3.76. The predicted octanol–water partition coefficient (Wildman–Crippen LogP) is 2.83. The Morgan fingerprint density at radius 3 is 2.80 bits per heavy atom. The molecule has 0 unspecified atom stereocenters. The Morgan fingerprint density at radius 1 is 1.40 bits per heavy atom. The Hall–Kier alpha value is -1.19. The van der Waals surface area contributed by atoms with Gasteiger partial charge in [-0.3, -0.25) is 4.98 Å². The molecule has 0 fully saturated rings. The van der Waals surface area contributed by atoms with Gasteiger partial charge >= 0.3 is 0 Å². The molecule has 2 aromatic rings. The van der Waals surface area contributed by atoms with E-state index in [4.69, 9.17) is 29.6 Å². The zero-order valence-electron chi connectivity index (χ0n) is 8.12. The quantitative estimate of drug-likeness (QED) is 0.774. The third kappa shape index (κ3) is 1.94. The molecule has 0 aliphatic rings. The van der Waals surface area contributed by atoms with Gasteiger partial charge in [-0.2, -0.15) is 0 Å². The van der Waals surface area contributed by atoms with Gasteiger partial charge in [-0.15, -0.1) is 0 Å². The summed E-state index contributed by atoms with van der Waals surface area (Å²) in [5.74, 6) is 0. The zero-order chi connectivity index (χ0) is 11.0. The van der Waals surface area contributed by atoms with Crippen LogP contribution in [0.15, 0.2) is 24.3 Å². The molecule has 2 nitrogen and oxygen atoms in total. The number of benzene rings is 1. The summed E-state index contributed by atoms with van der Waals surface area (Å²) in [6.07, 6.45) is 0. The number of thiocarbonyl (C=S) groups is 1. The van der Waals surface area contributed by atoms with Gasteiger partial charge in [0, 0.05) is 21.7 Å². The molecule has 15 heavy (non-hydrogen) atoms. The number of nitrogens with zero attached hydrogens (tertiary/aromatic N) is 1. The van der Waals surface area contributed by atoms with E-state index in [-0.39, 0.29) is 0 Å². The van der Waals surface area contributed by atoms with E-state index >= 15 is 0 Å².